The smallest absolute Gasteiger partial charge is 0.419 e. The van der Waals surface area contributed by atoms with E-state index in [1.165, 1.54) is 0 Å². The van der Waals surface area contributed by atoms with E-state index in [0.29, 0.717) is 34.8 Å². The van der Waals surface area contributed by atoms with E-state index in [-0.39, 0.29) is 30.8 Å². The number of anilines is 2. The van der Waals surface area contributed by atoms with Crippen molar-refractivity contribution in [1.82, 2.24) is 4.57 Å². The van der Waals surface area contributed by atoms with E-state index in [4.69, 9.17) is 9.15 Å². The molecule has 2 amide bonds. The molecule has 0 saturated carbocycles. The standard InChI is InChI=1S/C20H17N3O5/c1-22-15-7-12-11(9-23-14-4-2-3-5-16(14)28-20(23)26)6-18(24)21-13(12)8-17(15)27-10-19(22)25/h2-5,7-8,11H,6,9-10H2,1H3,(H,21,24)/t11-/m1/s1. The Bertz CT molecular complexity index is 1190. The molecule has 0 bridgehead atoms. The molecule has 0 spiro atoms. The topological polar surface area (TPSA) is 93.8 Å². The molecule has 8 heteroatoms. The van der Waals surface area contributed by atoms with Gasteiger partial charge in [-0.2, -0.15) is 0 Å². The third kappa shape index (κ3) is 2.49. The molecule has 1 N–H and O–H groups in total. The number of amides is 2. The van der Waals surface area contributed by atoms with Crippen LogP contribution in [0.5, 0.6) is 5.75 Å². The highest BCUT2D eigenvalue weighted by Gasteiger charge is 2.31. The van der Waals surface area contributed by atoms with Gasteiger partial charge in [-0.3, -0.25) is 14.2 Å². The molecule has 28 heavy (non-hydrogen) atoms. The van der Waals surface area contributed by atoms with Crippen molar-refractivity contribution >= 4 is 34.3 Å². The predicted octanol–water partition coefficient (Wildman–Crippen LogP) is 2.08. The van der Waals surface area contributed by atoms with E-state index >= 15 is 0 Å². The number of para-hydroxylation sites is 2. The number of carbonyl (C=O) groups is 2. The molecule has 3 aromatic rings. The highest BCUT2D eigenvalue weighted by Crippen LogP contribution is 2.42. The molecule has 0 aliphatic carbocycles. The monoisotopic (exact) mass is 379 g/mol. The molecule has 5 rings (SSSR count). The van der Waals surface area contributed by atoms with Gasteiger partial charge in [0.15, 0.2) is 12.2 Å². The van der Waals surface area contributed by atoms with Crippen LogP contribution in [0, 0.1) is 0 Å². The molecule has 3 heterocycles. The van der Waals surface area contributed by atoms with Crippen molar-refractivity contribution in [2.24, 2.45) is 0 Å². The SMILES string of the molecule is CN1C(=O)COc2cc3c(cc21)[C@@H](Cn1c(=O)oc2ccccc21)CC(=O)N3. The Morgan fingerprint density at radius 1 is 1.18 bits per heavy atom. The number of oxazole rings is 1. The van der Waals surface area contributed by atoms with Crippen LogP contribution in [0.1, 0.15) is 17.9 Å². The zero-order valence-corrected chi connectivity index (χ0v) is 15.1. The Labute approximate surface area is 159 Å². The molecule has 2 aliphatic rings. The summed E-state index contributed by atoms with van der Waals surface area (Å²) in [5, 5.41) is 2.86. The van der Waals surface area contributed by atoms with Crippen molar-refractivity contribution in [1.29, 1.82) is 0 Å². The minimum absolute atomic E-state index is 0.0317. The largest absolute Gasteiger partial charge is 0.481 e. The van der Waals surface area contributed by atoms with Crippen LogP contribution in [-0.4, -0.2) is 30.0 Å². The van der Waals surface area contributed by atoms with Gasteiger partial charge in [0.25, 0.3) is 5.91 Å². The van der Waals surface area contributed by atoms with E-state index in [0.717, 1.165) is 5.56 Å². The number of ether oxygens (including phenoxy) is 1. The summed E-state index contributed by atoms with van der Waals surface area (Å²) in [7, 11) is 1.70. The molecular weight excluding hydrogens is 362 g/mol. The van der Waals surface area contributed by atoms with Gasteiger partial charge in [0.2, 0.25) is 5.91 Å². The van der Waals surface area contributed by atoms with Crippen LogP contribution in [-0.2, 0) is 16.1 Å². The fourth-order valence-corrected chi connectivity index (χ4v) is 3.88. The number of benzene rings is 2. The first-order valence-electron chi connectivity index (χ1n) is 8.97. The normalized spacial score (nSPS) is 18.5. The van der Waals surface area contributed by atoms with Crippen molar-refractivity contribution in [3.8, 4) is 5.75 Å². The first-order valence-corrected chi connectivity index (χ1v) is 8.97. The number of nitrogens with one attached hydrogen (secondary N) is 1. The summed E-state index contributed by atoms with van der Waals surface area (Å²) < 4.78 is 12.4. The minimum Gasteiger partial charge on any atom is -0.481 e. The summed E-state index contributed by atoms with van der Waals surface area (Å²) >= 11 is 0. The van der Waals surface area contributed by atoms with Crippen LogP contribution >= 0.6 is 0 Å². The average molecular weight is 379 g/mol. The zero-order valence-electron chi connectivity index (χ0n) is 15.1. The number of hydrogen-bond donors (Lipinski definition) is 1. The molecule has 142 valence electrons. The van der Waals surface area contributed by atoms with Crippen LogP contribution in [0.15, 0.2) is 45.6 Å². The lowest BCUT2D eigenvalue weighted by molar-refractivity contribution is -0.121. The second kappa shape index (κ2) is 5.98. The zero-order chi connectivity index (χ0) is 19.4. The number of carbonyl (C=O) groups excluding carboxylic acids is 2. The van der Waals surface area contributed by atoms with Gasteiger partial charge >= 0.3 is 5.76 Å². The maximum atomic E-state index is 12.4. The second-order valence-electron chi connectivity index (χ2n) is 7.04. The van der Waals surface area contributed by atoms with Crippen molar-refractivity contribution in [3.05, 3.63) is 52.5 Å². The highest BCUT2D eigenvalue weighted by atomic mass is 16.5. The Morgan fingerprint density at radius 2 is 2.00 bits per heavy atom. The van der Waals surface area contributed by atoms with Gasteiger partial charge in [0, 0.05) is 37.7 Å². The lowest BCUT2D eigenvalue weighted by atomic mass is 9.89. The third-order valence-corrected chi connectivity index (χ3v) is 5.34. The molecule has 8 nitrogen and oxygen atoms in total. The maximum Gasteiger partial charge on any atom is 0.419 e. The van der Waals surface area contributed by atoms with Crippen LogP contribution in [0.2, 0.25) is 0 Å². The van der Waals surface area contributed by atoms with Crippen LogP contribution in [0.3, 0.4) is 0 Å². The lowest BCUT2D eigenvalue weighted by Gasteiger charge is -2.31. The third-order valence-electron chi connectivity index (χ3n) is 5.34. The number of aromatic nitrogens is 1. The summed E-state index contributed by atoms with van der Waals surface area (Å²) in [6.07, 6.45) is 0.232. The first kappa shape index (κ1) is 16.6. The van der Waals surface area contributed by atoms with E-state index in [9.17, 15) is 14.4 Å². The second-order valence-corrected chi connectivity index (χ2v) is 7.04. The predicted molar refractivity (Wildman–Crippen MR) is 102 cm³/mol. The highest BCUT2D eigenvalue weighted by molar-refractivity contribution is 6.00. The van der Waals surface area contributed by atoms with Crippen molar-refractivity contribution in [2.75, 3.05) is 23.9 Å². The van der Waals surface area contributed by atoms with Gasteiger partial charge in [-0.25, -0.2) is 4.79 Å². The lowest BCUT2D eigenvalue weighted by Crippen LogP contribution is -2.36. The number of rotatable bonds is 2. The average Bonchev–Trinajstić information content (AvgIpc) is 2.99. The van der Waals surface area contributed by atoms with E-state index < -0.39 is 5.76 Å². The molecule has 0 radical (unpaired) electrons. The molecular formula is C20H17N3O5. The number of fused-ring (bicyclic) bond motifs is 3. The van der Waals surface area contributed by atoms with E-state index in [1.54, 1.807) is 34.7 Å². The fourth-order valence-electron chi connectivity index (χ4n) is 3.88. The number of nitrogens with zero attached hydrogens (tertiary/aromatic N) is 2. The quantitative estimate of drug-likeness (QED) is 0.736. The molecule has 2 aromatic carbocycles. The molecule has 2 aliphatic heterocycles. The van der Waals surface area contributed by atoms with Crippen LogP contribution < -0.4 is 20.7 Å². The van der Waals surface area contributed by atoms with Gasteiger partial charge in [-0.1, -0.05) is 12.1 Å². The van der Waals surface area contributed by atoms with Gasteiger partial charge in [-0.15, -0.1) is 0 Å². The Balaban J connectivity index is 1.60. The van der Waals surface area contributed by atoms with E-state index in [1.807, 2.05) is 18.2 Å². The van der Waals surface area contributed by atoms with E-state index in [2.05, 4.69) is 5.32 Å². The summed E-state index contributed by atoms with van der Waals surface area (Å²) in [6, 6.07) is 10.8. The van der Waals surface area contributed by atoms with Gasteiger partial charge in [-0.05, 0) is 23.8 Å². The fraction of sp³-hybridized carbons (Fsp3) is 0.250. The summed E-state index contributed by atoms with van der Waals surface area (Å²) in [6.45, 7) is 0.267. The summed E-state index contributed by atoms with van der Waals surface area (Å²) in [5.74, 6) is -0.410. The first-order chi connectivity index (χ1) is 13.5. The van der Waals surface area contributed by atoms with Crippen LogP contribution in [0.25, 0.3) is 11.1 Å². The maximum absolute atomic E-state index is 12.4. The van der Waals surface area contributed by atoms with Gasteiger partial charge in [0.05, 0.1) is 11.2 Å². The Kier molecular flexibility index (Phi) is 3.55. The molecule has 0 unspecified atom stereocenters. The van der Waals surface area contributed by atoms with Gasteiger partial charge < -0.3 is 19.4 Å². The Morgan fingerprint density at radius 3 is 2.86 bits per heavy atom. The van der Waals surface area contributed by atoms with Crippen LogP contribution in [0.4, 0.5) is 11.4 Å². The van der Waals surface area contributed by atoms with Crippen molar-refractivity contribution in [3.63, 3.8) is 0 Å². The van der Waals surface area contributed by atoms with Crippen molar-refractivity contribution in [2.45, 2.75) is 18.9 Å². The summed E-state index contributed by atoms with van der Waals surface area (Å²) in [5.41, 5.74) is 3.36. The molecule has 0 saturated heterocycles. The van der Waals surface area contributed by atoms with Gasteiger partial charge in [0.1, 0.15) is 5.75 Å². The molecule has 0 fully saturated rings. The molecule has 1 atom stereocenters. The van der Waals surface area contributed by atoms with Crippen molar-refractivity contribution < 1.29 is 18.7 Å². The number of likely N-dealkylation sites (N-methyl/N-ethyl adjacent to an activating group) is 1. The summed E-state index contributed by atoms with van der Waals surface area (Å²) in [4.78, 5) is 38.2. The molecule has 1 aromatic heterocycles. The Hall–Kier alpha value is -3.55. The number of hydrogen-bond acceptors (Lipinski definition) is 5. The minimum atomic E-state index is -0.456.